The summed E-state index contributed by atoms with van der Waals surface area (Å²) in [5.74, 6) is 0. The molecule has 6 heteroatoms. The molecule has 0 saturated carbocycles. The van der Waals surface area contributed by atoms with Crippen molar-refractivity contribution in [3.05, 3.63) is 97.7 Å². The van der Waals surface area contributed by atoms with Gasteiger partial charge in [-0.2, -0.15) is 5.10 Å². The van der Waals surface area contributed by atoms with E-state index < -0.39 is 0 Å². The number of aromatic nitrogens is 5. The maximum Gasteiger partial charge on any atom is 0.116 e. The molecule has 188 valence electrons. The fourth-order valence-corrected chi connectivity index (χ4v) is 5.01. The molecule has 3 N–H and O–H groups in total. The lowest BCUT2D eigenvalue weighted by Crippen LogP contribution is -2.10. The highest BCUT2D eigenvalue weighted by molar-refractivity contribution is 6.01. The molecule has 4 heterocycles. The molecule has 0 aliphatic carbocycles. The van der Waals surface area contributed by atoms with E-state index in [9.17, 15) is 0 Å². The zero-order valence-electron chi connectivity index (χ0n) is 21.8. The number of anilines is 1. The van der Waals surface area contributed by atoms with Gasteiger partial charge in [0.2, 0.25) is 0 Å². The Balaban J connectivity index is 1.36. The Kier molecular flexibility index (Phi) is 5.80. The first-order valence-corrected chi connectivity index (χ1v) is 12.7. The van der Waals surface area contributed by atoms with Gasteiger partial charge in [0, 0.05) is 51.7 Å². The van der Waals surface area contributed by atoms with Gasteiger partial charge in [-0.15, -0.1) is 0 Å². The lowest BCUT2D eigenvalue weighted by atomic mass is 9.91. The van der Waals surface area contributed by atoms with E-state index in [2.05, 4.69) is 112 Å². The van der Waals surface area contributed by atoms with E-state index in [-0.39, 0.29) is 5.41 Å². The van der Waals surface area contributed by atoms with Gasteiger partial charge in [0.25, 0.3) is 0 Å². The number of hydrogen-bond acceptors (Lipinski definition) is 4. The van der Waals surface area contributed by atoms with Crippen LogP contribution in [0.2, 0.25) is 0 Å². The predicted molar refractivity (Wildman–Crippen MR) is 157 cm³/mol. The van der Waals surface area contributed by atoms with Gasteiger partial charge >= 0.3 is 0 Å². The van der Waals surface area contributed by atoms with E-state index in [0.717, 1.165) is 73.3 Å². The minimum absolute atomic E-state index is 0.166. The number of fused-ring (bicyclic) bond motifs is 2. The molecule has 6 rings (SSSR count). The Morgan fingerprint density at radius 1 is 0.842 bits per heavy atom. The maximum atomic E-state index is 4.68. The van der Waals surface area contributed by atoms with Crippen molar-refractivity contribution in [1.29, 1.82) is 0 Å². The number of benzene rings is 2. The van der Waals surface area contributed by atoms with Crippen molar-refractivity contribution >= 4 is 27.5 Å². The molecule has 0 fully saturated rings. The van der Waals surface area contributed by atoms with Crippen LogP contribution in [0.25, 0.3) is 55.4 Å². The number of nitrogens with zero attached hydrogens (tertiary/aromatic N) is 3. The average Bonchev–Trinajstić information content (AvgIpc) is 3.51. The number of allylic oxidation sites excluding steroid dienone is 1. The van der Waals surface area contributed by atoms with Crippen LogP contribution in [0.3, 0.4) is 0 Å². The Labute approximate surface area is 221 Å². The molecule has 0 amide bonds. The summed E-state index contributed by atoms with van der Waals surface area (Å²) in [7, 11) is 0. The first-order valence-electron chi connectivity index (χ1n) is 12.7. The molecular weight excluding hydrogens is 468 g/mol. The summed E-state index contributed by atoms with van der Waals surface area (Å²) in [4.78, 5) is 12.4. The van der Waals surface area contributed by atoms with Crippen LogP contribution in [-0.4, -0.2) is 25.1 Å². The van der Waals surface area contributed by atoms with E-state index >= 15 is 0 Å². The zero-order valence-corrected chi connectivity index (χ0v) is 21.8. The third-order valence-corrected chi connectivity index (χ3v) is 6.59. The lowest BCUT2D eigenvalue weighted by Gasteiger charge is -2.20. The van der Waals surface area contributed by atoms with Gasteiger partial charge < -0.3 is 10.3 Å². The van der Waals surface area contributed by atoms with E-state index in [1.807, 2.05) is 24.7 Å². The van der Waals surface area contributed by atoms with Crippen LogP contribution in [0.15, 0.2) is 97.7 Å². The topological polar surface area (TPSA) is 82.3 Å². The number of pyridine rings is 2. The van der Waals surface area contributed by atoms with Crippen LogP contribution in [0.4, 0.5) is 5.69 Å². The van der Waals surface area contributed by atoms with Gasteiger partial charge in [-0.25, -0.2) is 0 Å². The fourth-order valence-electron chi connectivity index (χ4n) is 5.01. The SMILES string of the molecule is C=C(CC(C)(C)C)Nc1cncc(-c2ccc3[nH]nc(-c4cc5c(-c6cccnc6)cccc5[nH]4)c3c2)c1. The number of nitrogens with one attached hydrogen (secondary N) is 3. The first kappa shape index (κ1) is 23.7. The van der Waals surface area contributed by atoms with Gasteiger partial charge in [-0.3, -0.25) is 15.1 Å². The Hall–Kier alpha value is -4.71. The normalized spacial score (nSPS) is 11.8. The van der Waals surface area contributed by atoms with Gasteiger partial charge in [0.05, 0.1) is 23.1 Å². The summed E-state index contributed by atoms with van der Waals surface area (Å²) in [5.41, 5.74) is 10.3. The van der Waals surface area contributed by atoms with Gasteiger partial charge in [0.1, 0.15) is 5.69 Å². The molecule has 2 aromatic carbocycles. The predicted octanol–water partition coefficient (Wildman–Crippen LogP) is 8.20. The highest BCUT2D eigenvalue weighted by Crippen LogP contribution is 2.35. The highest BCUT2D eigenvalue weighted by atomic mass is 15.1. The fraction of sp³-hybridized carbons (Fsp3) is 0.156. The van der Waals surface area contributed by atoms with Gasteiger partial charge in [0.15, 0.2) is 0 Å². The third kappa shape index (κ3) is 4.68. The van der Waals surface area contributed by atoms with E-state index in [1.165, 1.54) is 0 Å². The minimum Gasteiger partial charge on any atom is -0.358 e. The third-order valence-electron chi connectivity index (χ3n) is 6.59. The van der Waals surface area contributed by atoms with Crippen molar-refractivity contribution in [2.45, 2.75) is 27.2 Å². The molecule has 0 atom stereocenters. The number of rotatable bonds is 6. The van der Waals surface area contributed by atoms with Crippen molar-refractivity contribution in [3.8, 4) is 33.6 Å². The summed E-state index contributed by atoms with van der Waals surface area (Å²) in [5, 5.41) is 13.5. The van der Waals surface area contributed by atoms with Crippen molar-refractivity contribution in [1.82, 2.24) is 25.1 Å². The van der Waals surface area contributed by atoms with Crippen LogP contribution in [0.5, 0.6) is 0 Å². The van der Waals surface area contributed by atoms with Crippen LogP contribution in [0, 0.1) is 5.41 Å². The van der Waals surface area contributed by atoms with Crippen LogP contribution in [0.1, 0.15) is 27.2 Å². The molecular formula is C32H30N6. The van der Waals surface area contributed by atoms with Crippen LogP contribution >= 0.6 is 0 Å². The molecule has 4 aromatic heterocycles. The molecule has 0 saturated heterocycles. The first-order chi connectivity index (χ1) is 18.3. The van der Waals surface area contributed by atoms with Crippen molar-refractivity contribution in [2.24, 2.45) is 5.41 Å². The number of aromatic amines is 2. The van der Waals surface area contributed by atoms with Crippen molar-refractivity contribution < 1.29 is 0 Å². The molecule has 6 nitrogen and oxygen atoms in total. The molecule has 6 aromatic rings. The summed E-state index contributed by atoms with van der Waals surface area (Å²) in [6.07, 6.45) is 8.30. The second kappa shape index (κ2) is 9.30. The largest absolute Gasteiger partial charge is 0.358 e. The second-order valence-corrected chi connectivity index (χ2v) is 11.0. The van der Waals surface area contributed by atoms with E-state index in [1.54, 1.807) is 6.20 Å². The molecule has 0 bridgehead atoms. The quantitative estimate of drug-likeness (QED) is 0.216. The second-order valence-electron chi connectivity index (χ2n) is 11.0. The minimum atomic E-state index is 0.166. The van der Waals surface area contributed by atoms with Gasteiger partial charge in [-0.05, 0) is 59.4 Å². The maximum absolute atomic E-state index is 4.68. The van der Waals surface area contributed by atoms with Crippen LogP contribution < -0.4 is 5.32 Å². The molecule has 0 aliphatic heterocycles. The Morgan fingerprint density at radius 2 is 1.71 bits per heavy atom. The molecule has 0 radical (unpaired) electrons. The highest BCUT2D eigenvalue weighted by Gasteiger charge is 2.15. The van der Waals surface area contributed by atoms with E-state index in [4.69, 9.17) is 0 Å². The Morgan fingerprint density at radius 3 is 2.53 bits per heavy atom. The summed E-state index contributed by atoms with van der Waals surface area (Å²) in [6, 6.07) is 21.0. The van der Waals surface area contributed by atoms with Crippen LogP contribution in [-0.2, 0) is 0 Å². The Bertz CT molecular complexity index is 1770. The van der Waals surface area contributed by atoms with E-state index in [0.29, 0.717) is 0 Å². The van der Waals surface area contributed by atoms with Crippen molar-refractivity contribution in [2.75, 3.05) is 5.32 Å². The number of H-pyrrole nitrogens is 2. The summed E-state index contributed by atoms with van der Waals surface area (Å²) in [6.45, 7) is 10.8. The van der Waals surface area contributed by atoms with Gasteiger partial charge in [-0.1, -0.05) is 51.6 Å². The smallest absolute Gasteiger partial charge is 0.116 e. The number of hydrogen-bond donors (Lipinski definition) is 3. The molecule has 0 unspecified atom stereocenters. The standard InChI is InChI=1S/C32H30N6/c1-20(16-32(2,3)4)35-24-13-23(18-34-19-24)21-10-11-29-27(14-21)31(38-37-29)30-15-26-25(8-5-9-28(26)36-30)22-7-6-12-33-17-22/h5-15,17-19,35-36H,1,16H2,2-4H3,(H,37,38). The summed E-state index contributed by atoms with van der Waals surface area (Å²) >= 11 is 0. The average molecular weight is 499 g/mol. The molecule has 0 aliphatic rings. The van der Waals surface area contributed by atoms with Crippen molar-refractivity contribution in [3.63, 3.8) is 0 Å². The molecule has 0 spiro atoms. The zero-order chi connectivity index (χ0) is 26.3. The summed E-state index contributed by atoms with van der Waals surface area (Å²) < 4.78 is 0. The molecule has 38 heavy (non-hydrogen) atoms. The lowest BCUT2D eigenvalue weighted by molar-refractivity contribution is 0.411. The monoisotopic (exact) mass is 498 g/mol.